The van der Waals surface area contributed by atoms with Crippen molar-refractivity contribution >= 4 is 17.3 Å². The number of carbonyl (C=O) groups is 1. The van der Waals surface area contributed by atoms with Gasteiger partial charge in [0.15, 0.2) is 0 Å². The van der Waals surface area contributed by atoms with Gasteiger partial charge < -0.3 is 26.0 Å². The van der Waals surface area contributed by atoms with E-state index < -0.39 is 23.8 Å². The molecule has 9 heteroatoms. The number of benzene rings is 2. The van der Waals surface area contributed by atoms with Crippen LogP contribution in [0.3, 0.4) is 0 Å². The summed E-state index contributed by atoms with van der Waals surface area (Å²) in [6, 6.07) is 11.6. The molecule has 202 valence electrons. The van der Waals surface area contributed by atoms with Crippen LogP contribution in [0.1, 0.15) is 56.7 Å². The molecule has 1 heterocycles. The van der Waals surface area contributed by atoms with Crippen molar-refractivity contribution in [2.45, 2.75) is 51.7 Å². The number of alkyl halides is 3. The number of halogens is 3. The van der Waals surface area contributed by atoms with Crippen molar-refractivity contribution in [1.82, 2.24) is 10.2 Å². The number of anilines is 2. The largest absolute Gasteiger partial charge is 0.463 e. The molecule has 37 heavy (non-hydrogen) atoms. The Bertz CT molecular complexity index is 1050. The van der Waals surface area contributed by atoms with Crippen LogP contribution in [0.25, 0.3) is 0 Å². The Labute approximate surface area is 217 Å². The fourth-order valence-electron chi connectivity index (χ4n) is 4.56. The minimum absolute atomic E-state index is 0.169. The highest BCUT2D eigenvalue weighted by Gasteiger charge is 2.31. The molecule has 6 nitrogen and oxygen atoms in total. The van der Waals surface area contributed by atoms with Crippen LogP contribution in [0.4, 0.5) is 24.5 Å². The molecule has 0 amide bonds. The first kappa shape index (κ1) is 28.5. The maximum absolute atomic E-state index is 13.2. The number of nitrogens with zero attached hydrogens (tertiary/aromatic N) is 1. The second-order valence-corrected chi connectivity index (χ2v) is 9.27. The minimum Gasteiger partial charge on any atom is -0.463 e. The number of nitrogens with two attached hydrogens (primary N) is 1. The summed E-state index contributed by atoms with van der Waals surface area (Å²) in [5, 5.41) is 6.49. The third-order valence-corrected chi connectivity index (χ3v) is 6.43. The zero-order valence-electron chi connectivity index (χ0n) is 21.5. The second-order valence-electron chi connectivity index (χ2n) is 9.27. The van der Waals surface area contributed by atoms with Gasteiger partial charge in [-0.1, -0.05) is 24.6 Å². The number of piperidine rings is 1. The molecule has 1 fully saturated rings. The van der Waals surface area contributed by atoms with Crippen LogP contribution in [-0.2, 0) is 15.7 Å². The van der Waals surface area contributed by atoms with Gasteiger partial charge in [0.2, 0.25) is 0 Å². The van der Waals surface area contributed by atoms with Crippen molar-refractivity contribution in [2.75, 3.05) is 43.8 Å². The quantitative estimate of drug-likeness (QED) is 0.152. The van der Waals surface area contributed by atoms with Gasteiger partial charge in [0.1, 0.15) is 0 Å². The number of ether oxygens (including phenoxy) is 1. The summed E-state index contributed by atoms with van der Waals surface area (Å²) in [5.74, 6) is -0.537. The third-order valence-electron chi connectivity index (χ3n) is 6.43. The van der Waals surface area contributed by atoms with E-state index in [1.165, 1.54) is 31.4 Å². The molecule has 1 aliphatic rings. The number of esters is 1. The molecule has 0 bridgehead atoms. The smallest absolute Gasteiger partial charge is 0.416 e. The Hall–Kier alpha value is -3.04. The fourth-order valence-corrected chi connectivity index (χ4v) is 4.56. The van der Waals surface area contributed by atoms with E-state index >= 15 is 0 Å². The van der Waals surface area contributed by atoms with Crippen molar-refractivity contribution in [3.8, 4) is 0 Å². The number of carbonyl (C=O) groups excluding carboxylic acids is 1. The van der Waals surface area contributed by atoms with Crippen molar-refractivity contribution < 1.29 is 22.7 Å². The molecule has 0 saturated carbocycles. The van der Waals surface area contributed by atoms with Gasteiger partial charge in [-0.3, -0.25) is 0 Å². The molecule has 0 aromatic heterocycles. The van der Waals surface area contributed by atoms with Crippen molar-refractivity contribution in [3.63, 3.8) is 0 Å². The molecule has 3 rings (SSSR count). The summed E-state index contributed by atoms with van der Waals surface area (Å²) in [7, 11) is 0. The van der Waals surface area contributed by atoms with Gasteiger partial charge in [-0.15, -0.1) is 0 Å². The number of nitrogens with one attached hydrogen (secondary N) is 2. The topological polar surface area (TPSA) is 79.6 Å². The molecule has 1 aliphatic heterocycles. The number of nitrogen functional groups attached to an aromatic ring is 1. The SMILES string of the molecule is CCOC(=O)/C(=C(\C)Nc1cccc(C(F)(F)F)c1)[C@H](NCCCN1CCCCC1)c1ccc(N)cc1. The van der Waals surface area contributed by atoms with Gasteiger partial charge in [-0.25, -0.2) is 4.79 Å². The van der Waals surface area contributed by atoms with E-state index in [0.717, 1.165) is 43.8 Å². The summed E-state index contributed by atoms with van der Waals surface area (Å²) < 4.78 is 45.1. The van der Waals surface area contributed by atoms with Gasteiger partial charge in [-0.2, -0.15) is 13.2 Å². The first-order valence-corrected chi connectivity index (χ1v) is 12.8. The predicted octanol–water partition coefficient (Wildman–Crippen LogP) is 5.74. The van der Waals surface area contributed by atoms with E-state index in [9.17, 15) is 18.0 Å². The minimum atomic E-state index is -4.47. The molecule has 2 aromatic carbocycles. The van der Waals surface area contributed by atoms with Crippen molar-refractivity contribution in [1.29, 1.82) is 0 Å². The Morgan fingerprint density at radius 1 is 1.11 bits per heavy atom. The lowest BCUT2D eigenvalue weighted by atomic mass is 9.96. The molecule has 0 radical (unpaired) electrons. The molecule has 1 atom stereocenters. The summed E-state index contributed by atoms with van der Waals surface area (Å²) in [4.78, 5) is 15.6. The van der Waals surface area contributed by atoms with Crippen LogP contribution in [0.15, 0.2) is 59.8 Å². The lowest BCUT2D eigenvalue weighted by Crippen LogP contribution is -2.34. The zero-order valence-corrected chi connectivity index (χ0v) is 21.5. The Morgan fingerprint density at radius 3 is 2.46 bits per heavy atom. The fraction of sp³-hybridized carbons (Fsp3) is 0.464. The van der Waals surface area contributed by atoms with Gasteiger partial charge in [0.25, 0.3) is 0 Å². The van der Waals surface area contributed by atoms with Crippen molar-refractivity contribution in [3.05, 3.63) is 70.9 Å². The first-order chi connectivity index (χ1) is 17.7. The van der Waals surface area contributed by atoms with Gasteiger partial charge in [0, 0.05) is 17.1 Å². The average molecular weight is 519 g/mol. The summed E-state index contributed by atoms with van der Waals surface area (Å²) >= 11 is 0. The van der Waals surface area contributed by atoms with E-state index in [-0.39, 0.29) is 12.3 Å². The summed E-state index contributed by atoms with van der Waals surface area (Å²) in [5.41, 5.74) is 7.46. The normalized spacial score (nSPS) is 16.1. The molecule has 0 aliphatic carbocycles. The maximum Gasteiger partial charge on any atom is 0.416 e. The summed E-state index contributed by atoms with van der Waals surface area (Å²) in [6.07, 6.45) is 0.137. The lowest BCUT2D eigenvalue weighted by molar-refractivity contribution is -0.139. The Kier molecular flexibility index (Phi) is 10.4. The van der Waals surface area contributed by atoms with Crippen LogP contribution in [-0.4, -0.2) is 43.7 Å². The third kappa shape index (κ3) is 8.50. The molecule has 0 unspecified atom stereocenters. The lowest BCUT2D eigenvalue weighted by Gasteiger charge is -2.27. The number of hydrogen-bond donors (Lipinski definition) is 3. The highest BCUT2D eigenvalue weighted by molar-refractivity contribution is 5.91. The zero-order chi connectivity index (χ0) is 26.8. The average Bonchev–Trinajstić information content (AvgIpc) is 2.87. The number of likely N-dealkylation sites (tertiary alicyclic amines) is 1. The van der Waals surface area contributed by atoms with Crippen LogP contribution in [0.5, 0.6) is 0 Å². The second kappa shape index (κ2) is 13.5. The number of allylic oxidation sites excluding steroid dienone is 1. The van der Waals surface area contributed by atoms with E-state index in [1.807, 2.05) is 12.1 Å². The van der Waals surface area contributed by atoms with E-state index in [2.05, 4.69) is 15.5 Å². The summed E-state index contributed by atoms with van der Waals surface area (Å²) in [6.45, 7) is 7.38. The van der Waals surface area contributed by atoms with Crippen LogP contribution >= 0.6 is 0 Å². The van der Waals surface area contributed by atoms with E-state index in [1.54, 1.807) is 26.0 Å². The van der Waals surface area contributed by atoms with Crippen LogP contribution in [0.2, 0.25) is 0 Å². The van der Waals surface area contributed by atoms with Crippen LogP contribution in [0, 0.1) is 0 Å². The van der Waals surface area contributed by atoms with Gasteiger partial charge >= 0.3 is 12.1 Å². The van der Waals surface area contributed by atoms with E-state index in [0.29, 0.717) is 23.5 Å². The number of hydrogen-bond acceptors (Lipinski definition) is 6. The highest BCUT2D eigenvalue weighted by Crippen LogP contribution is 2.32. The van der Waals surface area contributed by atoms with Crippen LogP contribution < -0.4 is 16.4 Å². The molecule has 2 aromatic rings. The maximum atomic E-state index is 13.2. The number of rotatable bonds is 11. The monoisotopic (exact) mass is 518 g/mol. The van der Waals surface area contributed by atoms with Gasteiger partial charge in [0.05, 0.1) is 23.8 Å². The van der Waals surface area contributed by atoms with Gasteiger partial charge in [-0.05, 0) is 95.2 Å². The Balaban J connectivity index is 1.89. The molecule has 4 N–H and O–H groups in total. The van der Waals surface area contributed by atoms with E-state index in [4.69, 9.17) is 10.5 Å². The standard InChI is InChI=1S/C28H37F3N4O2/c1-3-37-27(36)25(20(2)34-24-10-7-9-22(19-24)28(29,30)31)26(21-11-13-23(32)14-12-21)33-15-8-18-35-16-5-4-6-17-35/h7,9-14,19,26,33-34H,3-6,8,15-18,32H2,1-2H3/b25-20+/t26-/m1/s1. The Morgan fingerprint density at radius 2 is 1.81 bits per heavy atom. The predicted molar refractivity (Wildman–Crippen MR) is 141 cm³/mol. The highest BCUT2D eigenvalue weighted by atomic mass is 19.4. The molecule has 1 saturated heterocycles. The van der Waals surface area contributed by atoms with Crippen molar-refractivity contribution in [2.24, 2.45) is 0 Å². The molecule has 0 spiro atoms. The molecular weight excluding hydrogens is 481 g/mol. The molecular formula is C28H37F3N4O2. The first-order valence-electron chi connectivity index (χ1n) is 12.8.